The molecule has 4 rings (SSSR count). The molecule has 1 atom stereocenters. The molecular weight excluding hydrogens is 410 g/mol. The highest BCUT2D eigenvalue weighted by atomic mass is 35.5. The predicted molar refractivity (Wildman–Crippen MR) is 123 cm³/mol. The maximum atomic E-state index is 13.5. The van der Waals surface area contributed by atoms with Gasteiger partial charge in [0.15, 0.2) is 5.69 Å². The Morgan fingerprint density at radius 1 is 1.16 bits per heavy atom. The lowest BCUT2D eigenvalue weighted by atomic mass is 10.1. The van der Waals surface area contributed by atoms with Gasteiger partial charge in [0.05, 0.1) is 10.7 Å². The van der Waals surface area contributed by atoms with E-state index in [0.29, 0.717) is 17.3 Å². The number of halogens is 1. The van der Waals surface area contributed by atoms with E-state index in [2.05, 4.69) is 23.3 Å². The number of hydrogen-bond acceptors (Lipinski definition) is 4. The van der Waals surface area contributed by atoms with Gasteiger partial charge < -0.3 is 14.6 Å². The van der Waals surface area contributed by atoms with Crippen molar-refractivity contribution in [3.05, 3.63) is 64.8 Å². The van der Waals surface area contributed by atoms with Crippen LogP contribution in [-0.2, 0) is 13.0 Å². The zero-order valence-electron chi connectivity index (χ0n) is 18.1. The molecule has 3 aromatic rings. The molecule has 0 saturated carbocycles. The second-order valence-corrected chi connectivity index (χ2v) is 8.83. The van der Waals surface area contributed by atoms with E-state index < -0.39 is 0 Å². The number of carbonyl (C=O) groups excluding carboxylic acids is 1. The van der Waals surface area contributed by atoms with Gasteiger partial charge in [0.25, 0.3) is 5.91 Å². The molecule has 1 aliphatic rings. The first-order valence-corrected chi connectivity index (χ1v) is 11.6. The Kier molecular flexibility index (Phi) is 7.20. The Morgan fingerprint density at radius 2 is 1.94 bits per heavy atom. The van der Waals surface area contributed by atoms with E-state index in [9.17, 15) is 4.79 Å². The van der Waals surface area contributed by atoms with E-state index in [4.69, 9.17) is 16.6 Å². The normalized spacial score (nSPS) is 16.1. The number of nitrogens with one attached hydrogen (secondary N) is 1. The molecular formula is C24H30ClN5O. The number of carbonyl (C=O) groups is 1. The quantitative estimate of drug-likeness (QED) is 0.613. The summed E-state index contributed by atoms with van der Waals surface area (Å²) in [7, 11) is 0. The summed E-state index contributed by atoms with van der Waals surface area (Å²) in [5, 5.41) is 4.19. The maximum Gasteiger partial charge on any atom is 0.274 e. The number of fused-ring (bicyclic) bond motifs is 1. The summed E-state index contributed by atoms with van der Waals surface area (Å²) >= 11 is 6.27. The fourth-order valence-electron chi connectivity index (χ4n) is 4.22. The standard InChI is InChI=1S/C24H30ClN5O/c1-18(14-19-8-7-11-26-15-19)27-16-21-23(28-22-10-9-20(25)17-30(21)22)24(31)29-12-5-3-2-4-6-13-29/h7-11,15,17-18,27H,2-6,12-14,16H2,1H3. The molecule has 1 unspecified atom stereocenters. The summed E-state index contributed by atoms with van der Waals surface area (Å²) < 4.78 is 1.95. The largest absolute Gasteiger partial charge is 0.337 e. The van der Waals surface area contributed by atoms with Crippen LogP contribution in [0.25, 0.3) is 5.65 Å². The van der Waals surface area contributed by atoms with E-state index in [-0.39, 0.29) is 11.9 Å². The second-order valence-electron chi connectivity index (χ2n) is 8.39. The molecule has 1 aliphatic heterocycles. The van der Waals surface area contributed by atoms with Gasteiger partial charge in [-0.3, -0.25) is 9.78 Å². The molecule has 0 aromatic carbocycles. The second kappa shape index (κ2) is 10.2. The molecule has 164 valence electrons. The fourth-order valence-corrected chi connectivity index (χ4v) is 4.38. The topological polar surface area (TPSA) is 62.5 Å². The zero-order chi connectivity index (χ0) is 21.6. The van der Waals surface area contributed by atoms with E-state index in [1.165, 1.54) is 24.8 Å². The number of pyridine rings is 2. The number of amides is 1. The van der Waals surface area contributed by atoms with E-state index in [0.717, 1.165) is 43.7 Å². The van der Waals surface area contributed by atoms with Crippen LogP contribution in [0.1, 0.15) is 60.8 Å². The average Bonchev–Trinajstić information content (AvgIpc) is 3.10. The molecule has 1 amide bonds. The third-order valence-corrected chi connectivity index (χ3v) is 6.13. The van der Waals surface area contributed by atoms with Crippen LogP contribution in [0.3, 0.4) is 0 Å². The molecule has 0 spiro atoms. The first kappa shape index (κ1) is 21.8. The van der Waals surface area contributed by atoms with Gasteiger partial charge in [-0.2, -0.15) is 0 Å². The molecule has 0 radical (unpaired) electrons. The lowest BCUT2D eigenvalue weighted by Crippen LogP contribution is -2.35. The number of hydrogen-bond donors (Lipinski definition) is 1. The predicted octanol–water partition coefficient (Wildman–Crippen LogP) is 4.51. The van der Waals surface area contributed by atoms with Crippen molar-refractivity contribution in [3.8, 4) is 0 Å². The van der Waals surface area contributed by atoms with E-state index in [1.54, 1.807) is 6.20 Å². The van der Waals surface area contributed by atoms with Gasteiger partial charge in [-0.15, -0.1) is 0 Å². The molecule has 3 aromatic heterocycles. The molecule has 31 heavy (non-hydrogen) atoms. The van der Waals surface area contributed by atoms with Crippen molar-refractivity contribution in [2.45, 2.75) is 58.0 Å². The van der Waals surface area contributed by atoms with Crippen molar-refractivity contribution in [2.24, 2.45) is 0 Å². The highest BCUT2D eigenvalue weighted by molar-refractivity contribution is 6.30. The van der Waals surface area contributed by atoms with Gasteiger partial charge in [0, 0.05) is 44.3 Å². The average molecular weight is 440 g/mol. The molecule has 7 heteroatoms. The zero-order valence-corrected chi connectivity index (χ0v) is 18.8. The van der Waals surface area contributed by atoms with Crippen molar-refractivity contribution in [3.63, 3.8) is 0 Å². The molecule has 0 aliphatic carbocycles. The fraction of sp³-hybridized carbons (Fsp3) is 0.458. The number of nitrogens with zero attached hydrogens (tertiary/aromatic N) is 4. The monoisotopic (exact) mass is 439 g/mol. The molecule has 1 N–H and O–H groups in total. The van der Waals surface area contributed by atoms with Gasteiger partial charge in [-0.1, -0.05) is 36.9 Å². The van der Waals surface area contributed by atoms with Crippen molar-refractivity contribution >= 4 is 23.2 Å². The van der Waals surface area contributed by atoms with Crippen molar-refractivity contribution in [1.82, 2.24) is 24.6 Å². The summed E-state index contributed by atoms with van der Waals surface area (Å²) in [4.78, 5) is 24.3. The number of aromatic nitrogens is 3. The van der Waals surface area contributed by atoms with Crippen LogP contribution in [0.15, 0.2) is 42.9 Å². The summed E-state index contributed by atoms with van der Waals surface area (Å²) in [5.41, 5.74) is 3.32. The summed E-state index contributed by atoms with van der Waals surface area (Å²) in [6.45, 7) is 4.29. The summed E-state index contributed by atoms with van der Waals surface area (Å²) in [6.07, 6.45) is 12.1. The van der Waals surface area contributed by atoms with Crippen LogP contribution in [0.2, 0.25) is 5.02 Å². The first-order chi connectivity index (χ1) is 15.1. The van der Waals surface area contributed by atoms with Crippen LogP contribution in [0.5, 0.6) is 0 Å². The van der Waals surface area contributed by atoms with Crippen LogP contribution in [0.4, 0.5) is 0 Å². The number of rotatable bonds is 6. The molecule has 1 saturated heterocycles. The lowest BCUT2D eigenvalue weighted by molar-refractivity contribution is 0.0735. The Hall–Kier alpha value is -2.44. The summed E-state index contributed by atoms with van der Waals surface area (Å²) in [5.74, 6) is 0.0263. The number of likely N-dealkylation sites (tertiary alicyclic amines) is 1. The van der Waals surface area contributed by atoms with Crippen molar-refractivity contribution in [1.29, 1.82) is 0 Å². The minimum absolute atomic E-state index is 0.0263. The Balaban J connectivity index is 1.56. The van der Waals surface area contributed by atoms with Gasteiger partial charge in [-0.25, -0.2) is 4.98 Å². The molecule has 4 heterocycles. The van der Waals surface area contributed by atoms with Crippen LogP contribution in [-0.4, -0.2) is 44.3 Å². The molecule has 0 bridgehead atoms. The maximum absolute atomic E-state index is 13.5. The summed E-state index contributed by atoms with van der Waals surface area (Å²) in [6, 6.07) is 7.94. The highest BCUT2D eigenvalue weighted by Crippen LogP contribution is 2.20. The SMILES string of the molecule is CC(Cc1cccnc1)NCc1c(C(=O)N2CCCCCCC2)nc2ccc(Cl)cn12. The smallest absolute Gasteiger partial charge is 0.274 e. The van der Waals surface area contributed by atoms with Crippen LogP contribution < -0.4 is 5.32 Å². The Bertz CT molecular complexity index is 1010. The third kappa shape index (κ3) is 5.43. The van der Waals surface area contributed by atoms with Gasteiger partial charge in [0.2, 0.25) is 0 Å². The van der Waals surface area contributed by atoms with Gasteiger partial charge >= 0.3 is 0 Å². The minimum Gasteiger partial charge on any atom is -0.337 e. The lowest BCUT2D eigenvalue weighted by Gasteiger charge is -2.24. The van der Waals surface area contributed by atoms with Crippen molar-refractivity contribution in [2.75, 3.05) is 13.1 Å². The highest BCUT2D eigenvalue weighted by Gasteiger charge is 2.24. The van der Waals surface area contributed by atoms with E-state index >= 15 is 0 Å². The minimum atomic E-state index is 0.0263. The van der Waals surface area contributed by atoms with Gasteiger partial charge in [0.1, 0.15) is 5.65 Å². The van der Waals surface area contributed by atoms with E-state index in [1.807, 2.05) is 39.9 Å². The van der Waals surface area contributed by atoms with Gasteiger partial charge in [-0.05, 0) is 49.9 Å². The van der Waals surface area contributed by atoms with Crippen LogP contribution >= 0.6 is 11.6 Å². The first-order valence-electron chi connectivity index (χ1n) is 11.2. The molecule has 6 nitrogen and oxygen atoms in total. The Labute approximate surface area is 188 Å². The third-order valence-electron chi connectivity index (χ3n) is 5.91. The van der Waals surface area contributed by atoms with Crippen LogP contribution in [0, 0.1) is 0 Å². The van der Waals surface area contributed by atoms with Crippen molar-refractivity contribution < 1.29 is 4.79 Å². The molecule has 1 fully saturated rings. The Morgan fingerprint density at radius 3 is 2.68 bits per heavy atom. The number of imidazole rings is 1.